The second-order valence-electron chi connectivity index (χ2n) is 7.38. The number of benzene rings is 1. The van der Waals surface area contributed by atoms with Crippen LogP contribution in [-0.2, 0) is 17.8 Å². The third-order valence-corrected chi connectivity index (χ3v) is 6.12. The van der Waals surface area contributed by atoms with Gasteiger partial charge < -0.3 is 10.6 Å². The van der Waals surface area contributed by atoms with Gasteiger partial charge in [-0.3, -0.25) is 9.69 Å². The summed E-state index contributed by atoms with van der Waals surface area (Å²) in [5.41, 5.74) is 3.04. The topological polar surface area (TPSA) is 57.3 Å². The highest BCUT2D eigenvalue weighted by Gasteiger charge is 2.19. The second kappa shape index (κ2) is 9.97. The van der Waals surface area contributed by atoms with Gasteiger partial charge in [-0.15, -0.1) is 11.3 Å². The lowest BCUT2D eigenvalue weighted by molar-refractivity contribution is -0.115. The molecule has 2 N–H and O–H groups in total. The number of hydrogen-bond acceptors (Lipinski definition) is 5. The Morgan fingerprint density at radius 1 is 1.30 bits per heavy atom. The molecule has 3 rings (SSSR count). The van der Waals surface area contributed by atoms with Gasteiger partial charge in [-0.05, 0) is 70.4 Å². The molecule has 0 spiro atoms. The Hall–Kier alpha value is -1.76. The maximum Gasteiger partial charge on any atom is 0.231 e. The van der Waals surface area contributed by atoms with Crippen LogP contribution in [0.5, 0.6) is 0 Å². The lowest BCUT2D eigenvalue weighted by Gasteiger charge is -2.31. The van der Waals surface area contributed by atoms with Crippen LogP contribution in [0.25, 0.3) is 0 Å². The van der Waals surface area contributed by atoms with E-state index in [9.17, 15) is 4.79 Å². The van der Waals surface area contributed by atoms with Crippen LogP contribution < -0.4 is 10.6 Å². The van der Waals surface area contributed by atoms with Gasteiger partial charge in [0.05, 0.1) is 12.1 Å². The molecule has 2 heterocycles. The van der Waals surface area contributed by atoms with E-state index >= 15 is 0 Å². The molecule has 1 aromatic carbocycles. The van der Waals surface area contributed by atoms with Crippen molar-refractivity contribution in [2.45, 2.75) is 39.2 Å². The highest BCUT2D eigenvalue weighted by molar-refractivity contribution is 7.09. The first-order chi connectivity index (χ1) is 13.1. The second-order valence-corrected chi connectivity index (χ2v) is 8.33. The molecule has 0 aliphatic carbocycles. The fourth-order valence-electron chi connectivity index (χ4n) is 3.56. The summed E-state index contributed by atoms with van der Waals surface area (Å²) in [6, 6.07) is 7.84. The summed E-state index contributed by atoms with van der Waals surface area (Å²) in [6.07, 6.45) is 4.17. The van der Waals surface area contributed by atoms with Crippen molar-refractivity contribution in [1.82, 2.24) is 15.2 Å². The van der Waals surface area contributed by atoms with E-state index in [-0.39, 0.29) is 5.91 Å². The minimum atomic E-state index is -0.00412. The van der Waals surface area contributed by atoms with Crippen LogP contribution in [0.2, 0.25) is 0 Å². The number of likely N-dealkylation sites (tertiary alicyclic amines) is 1. The van der Waals surface area contributed by atoms with E-state index in [1.807, 2.05) is 38.2 Å². The number of amides is 1. The number of nitrogens with zero attached hydrogens (tertiary/aromatic N) is 2. The third kappa shape index (κ3) is 6.13. The minimum Gasteiger partial charge on any atom is -0.325 e. The molecule has 1 aromatic heterocycles. The number of thiazole rings is 1. The molecule has 1 fully saturated rings. The Balaban J connectivity index is 1.45. The van der Waals surface area contributed by atoms with E-state index in [2.05, 4.69) is 25.9 Å². The van der Waals surface area contributed by atoms with Gasteiger partial charge in [0.15, 0.2) is 0 Å². The van der Waals surface area contributed by atoms with Crippen LogP contribution in [0, 0.1) is 12.8 Å². The Morgan fingerprint density at radius 3 is 2.81 bits per heavy atom. The van der Waals surface area contributed by atoms with Gasteiger partial charge in [0.1, 0.15) is 5.01 Å². The predicted octanol–water partition coefficient (Wildman–Crippen LogP) is 3.45. The molecule has 6 heteroatoms. The van der Waals surface area contributed by atoms with Crippen molar-refractivity contribution < 1.29 is 4.79 Å². The zero-order valence-corrected chi connectivity index (χ0v) is 17.1. The zero-order chi connectivity index (χ0) is 19.1. The fraction of sp³-hybridized carbons (Fsp3) is 0.524. The van der Waals surface area contributed by atoms with Crippen molar-refractivity contribution in [3.63, 3.8) is 0 Å². The molecule has 1 amide bonds. The Kier molecular flexibility index (Phi) is 7.38. The zero-order valence-electron chi connectivity index (χ0n) is 16.3. The van der Waals surface area contributed by atoms with Crippen LogP contribution in [0.1, 0.15) is 35.5 Å². The average molecular weight is 387 g/mol. The van der Waals surface area contributed by atoms with Crippen molar-refractivity contribution >= 4 is 22.9 Å². The summed E-state index contributed by atoms with van der Waals surface area (Å²) in [5.74, 6) is 0.848. The van der Waals surface area contributed by atoms with Crippen LogP contribution in [-0.4, -0.2) is 42.5 Å². The SMILES string of the molecule is CNCCC1CCN(Cc2csc(CC(=O)Nc3ccccc3C)n2)CC1. The summed E-state index contributed by atoms with van der Waals surface area (Å²) < 4.78 is 0. The van der Waals surface area contributed by atoms with Crippen LogP contribution >= 0.6 is 11.3 Å². The highest BCUT2D eigenvalue weighted by Crippen LogP contribution is 2.22. The lowest BCUT2D eigenvalue weighted by Crippen LogP contribution is -2.34. The summed E-state index contributed by atoms with van der Waals surface area (Å²) in [4.78, 5) is 19.5. The summed E-state index contributed by atoms with van der Waals surface area (Å²) >= 11 is 1.59. The van der Waals surface area contributed by atoms with Crippen molar-refractivity contribution in [2.75, 3.05) is 32.0 Å². The molecule has 1 aliphatic rings. The standard InChI is InChI=1S/C21H30N4OS/c1-16-5-3-4-6-19(16)24-20(26)13-21-23-18(15-27-21)14-25-11-8-17(9-12-25)7-10-22-2/h3-6,15,17,22H,7-14H2,1-2H3,(H,24,26). The van der Waals surface area contributed by atoms with Gasteiger partial charge in [-0.1, -0.05) is 18.2 Å². The predicted molar refractivity (Wildman–Crippen MR) is 112 cm³/mol. The van der Waals surface area contributed by atoms with Crippen molar-refractivity contribution in [1.29, 1.82) is 0 Å². The number of anilines is 1. The first-order valence-electron chi connectivity index (χ1n) is 9.79. The first kappa shape index (κ1) is 20.0. The van der Waals surface area contributed by atoms with E-state index in [1.54, 1.807) is 11.3 Å². The van der Waals surface area contributed by atoms with Gasteiger partial charge in [-0.2, -0.15) is 0 Å². The smallest absolute Gasteiger partial charge is 0.231 e. The largest absolute Gasteiger partial charge is 0.325 e. The monoisotopic (exact) mass is 386 g/mol. The molecule has 5 nitrogen and oxygen atoms in total. The molecule has 146 valence electrons. The van der Waals surface area contributed by atoms with Gasteiger partial charge in [0, 0.05) is 17.6 Å². The Labute approximate surface area is 166 Å². The van der Waals surface area contributed by atoms with Gasteiger partial charge in [-0.25, -0.2) is 4.98 Å². The number of hydrogen-bond donors (Lipinski definition) is 2. The number of aryl methyl sites for hydroxylation is 1. The quantitative estimate of drug-likeness (QED) is 0.730. The first-order valence-corrected chi connectivity index (χ1v) is 10.7. The molecule has 1 saturated heterocycles. The number of carbonyl (C=O) groups excluding carboxylic acids is 1. The number of nitrogens with one attached hydrogen (secondary N) is 2. The van der Waals surface area contributed by atoms with Crippen molar-refractivity contribution in [3.05, 3.63) is 45.9 Å². The molecular weight excluding hydrogens is 356 g/mol. The molecule has 0 bridgehead atoms. The normalized spacial score (nSPS) is 15.8. The van der Waals surface area contributed by atoms with Gasteiger partial charge in [0.25, 0.3) is 0 Å². The number of carbonyl (C=O) groups is 1. The maximum absolute atomic E-state index is 12.3. The number of piperidine rings is 1. The van der Waals surface area contributed by atoms with Crippen molar-refractivity contribution in [3.8, 4) is 0 Å². The average Bonchev–Trinajstić information content (AvgIpc) is 3.09. The van der Waals surface area contributed by atoms with E-state index in [4.69, 9.17) is 0 Å². The van der Waals surface area contributed by atoms with Gasteiger partial charge in [0.2, 0.25) is 5.91 Å². The van der Waals surface area contributed by atoms with E-state index in [0.717, 1.165) is 54.0 Å². The van der Waals surface area contributed by atoms with Crippen LogP contribution in [0.4, 0.5) is 5.69 Å². The summed E-state index contributed by atoms with van der Waals surface area (Å²) in [5, 5.41) is 9.22. The highest BCUT2D eigenvalue weighted by atomic mass is 32.1. The molecule has 0 unspecified atom stereocenters. The van der Waals surface area contributed by atoms with E-state index in [0.29, 0.717) is 6.42 Å². The molecule has 0 atom stereocenters. The van der Waals surface area contributed by atoms with E-state index < -0.39 is 0 Å². The molecular formula is C21H30N4OS. The lowest BCUT2D eigenvalue weighted by atomic mass is 9.93. The fourth-order valence-corrected chi connectivity index (χ4v) is 4.34. The molecule has 0 saturated carbocycles. The van der Waals surface area contributed by atoms with Crippen LogP contribution in [0.3, 0.4) is 0 Å². The maximum atomic E-state index is 12.3. The molecule has 2 aromatic rings. The summed E-state index contributed by atoms with van der Waals surface area (Å²) in [7, 11) is 2.02. The number of para-hydroxylation sites is 1. The number of aromatic nitrogens is 1. The van der Waals surface area contributed by atoms with E-state index in [1.165, 1.54) is 19.3 Å². The Morgan fingerprint density at radius 2 is 2.07 bits per heavy atom. The third-order valence-electron chi connectivity index (χ3n) is 5.23. The molecule has 27 heavy (non-hydrogen) atoms. The Bertz CT molecular complexity index is 737. The van der Waals surface area contributed by atoms with Crippen LogP contribution in [0.15, 0.2) is 29.6 Å². The van der Waals surface area contributed by atoms with Gasteiger partial charge >= 0.3 is 0 Å². The minimum absolute atomic E-state index is 0.00412. The molecule has 1 aliphatic heterocycles. The summed E-state index contributed by atoms with van der Waals surface area (Å²) in [6.45, 7) is 6.31. The number of rotatable bonds is 8. The molecule has 0 radical (unpaired) electrons. The van der Waals surface area contributed by atoms with Crippen molar-refractivity contribution in [2.24, 2.45) is 5.92 Å².